The lowest BCUT2D eigenvalue weighted by atomic mass is 9.82. The van der Waals surface area contributed by atoms with E-state index in [0.717, 1.165) is 24.8 Å². The van der Waals surface area contributed by atoms with Gasteiger partial charge in [0.1, 0.15) is 0 Å². The van der Waals surface area contributed by atoms with Gasteiger partial charge in [-0.3, -0.25) is 0 Å². The third-order valence-electron chi connectivity index (χ3n) is 3.35. The molecule has 1 nitrogen and oxygen atoms in total. The van der Waals surface area contributed by atoms with E-state index in [0.29, 0.717) is 0 Å². The van der Waals surface area contributed by atoms with E-state index >= 15 is 0 Å². The molecule has 96 valence electrons. The maximum atomic E-state index is 10.5. The van der Waals surface area contributed by atoms with Crippen LogP contribution in [0.25, 0.3) is 0 Å². The fraction of sp³-hybridized carbons (Fsp3) is 0.625. The highest BCUT2D eigenvalue weighted by atomic mass is 16.3. The second kappa shape index (κ2) is 5.22. The van der Waals surface area contributed by atoms with Crippen LogP contribution in [0.5, 0.6) is 0 Å². The summed E-state index contributed by atoms with van der Waals surface area (Å²) < 4.78 is 0. The van der Waals surface area contributed by atoms with Gasteiger partial charge in [0.2, 0.25) is 0 Å². The van der Waals surface area contributed by atoms with Crippen molar-refractivity contribution in [1.29, 1.82) is 0 Å². The van der Waals surface area contributed by atoms with Crippen LogP contribution < -0.4 is 0 Å². The first-order valence-electron chi connectivity index (χ1n) is 6.56. The number of rotatable bonds is 4. The standard InChI is InChI=1S/C16H26O/c1-6-13-7-9-14(10-8-13)16(5,17)12-11-15(2,3)4/h7-10,17H,6,11-12H2,1-5H3. The largest absolute Gasteiger partial charge is 0.385 e. The molecule has 1 aromatic carbocycles. The first-order valence-corrected chi connectivity index (χ1v) is 6.56. The second-order valence-electron chi connectivity index (χ2n) is 6.38. The van der Waals surface area contributed by atoms with Gasteiger partial charge in [-0.25, -0.2) is 0 Å². The molecule has 17 heavy (non-hydrogen) atoms. The van der Waals surface area contributed by atoms with Crippen molar-refractivity contribution in [3.05, 3.63) is 35.4 Å². The Labute approximate surface area is 106 Å². The van der Waals surface area contributed by atoms with Gasteiger partial charge in [0, 0.05) is 0 Å². The van der Waals surface area contributed by atoms with E-state index in [4.69, 9.17) is 0 Å². The van der Waals surface area contributed by atoms with Gasteiger partial charge < -0.3 is 5.11 Å². The van der Waals surface area contributed by atoms with Gasteiger partial charge in [-0.05, 0) is 42.7 Å². The van der Waals surface area contributed by atoms with Crippen molar-refractivity contribution in [3.8, 4) is 0 Å². The molecule has 0 aliphatic rings. The zero-order valence-corrected chi connectivity index (χ0v) is 11.9. The van der Waals surface area contributed by atoms with Crippen molar-refractivity contribution in [2.75, 3.05) is 0 Å². The lowest BCUT2D eigenvalue weighted by molar-refractivity contribution is 0.0358. The highest BCUT2D eigenvalue weighted by Gasteiger charge is 2.25. The molecule has 0 spiro atoms. The predicted octanol–water partition coefficient (Wildman–Crippen LogP) is 4.28. The summed E-state index contributed by atoms with van der Waals surface area (Å²) in [7, 11) is 0. The maximum Gasteiger partial charge on any atom is 0.0868 e. The predicted molar refractivity (Wildman–Crippen MR) is 74.1 cm³/mol. The van der Waals surface area contributed by atoms with E-state index in [1.807, 2.05) is 6.92 Å². The molecule has 0 fully saturated rings. The van der Waals surface area contributed by atoms with Crippen LogP contribution in [0.3, 0.4) is 0 Å². The van der Waals surface area contributed by atoms with Crippen molar-refractivity contribution in [2.24, 2.45) is 5.41 Å². The van der Waals surface area contributed by atoms with Crippen LogP contribution >= 0.6 is 0 Å². The molecule has 1 atom stereocenters. The van der Waals surface area contributed by atoms with Gasteiger partial charge in [-0.1, -0.05) is 52.0 Å². The van der Waals surface area contributed by atoms with E-state index < -0.39 is 5.60 Å². The fourth-order valence-electron chi connectivity index (χ4n) is 1.86. The van der Waals surface area contributed by atoms with Crippen molar-refractivity contribution < 1.29 is 5.11 Å². The number of aliphatic hydroxyl groups is 1. The highest BCUT2D eigenvalue weighted by Crippen LogP contribution is 2.31. The van der Waals surface area contributed by atoms with Crippen LogP contribution in [0.2, 0.25) is 0 Å². The monoisotopic (exact) mass is 234 g/mol. The summed E-state index contributed by atoms with van der Waals surface area (Å²) in [5.41, 5.74) is 1.91. The summed E-state index contributed by atoms with van der Waals surface area (Å²) in [6, 6.07) is 8.34. The van der Waals surface area contributed by atoms with E-state index in [1.165, 1.54) is 5.56 Å². The molecule has 0 aliphatic heterocycles. The van der Waals surface area contributed by atoms with E-state index in [2.05, 4.69) is 52.0 Å². The maximum absolute atomic E-state index is 10.5. The summed E-state index contributed by atoms with van der Waals surface area (Å²) in [5.74, 6) is 0. The zero-order chi connectivity index (χ0) is 13.1. The fourth-order valence-corrected chi connectivity index (χ4v) is 1.86. The Bertz CT molecular complexity index is 341. The van der Waals surface area contributed by atoms with Crippen molar-refractivity contribution >= 4 is 0 Å². The average Bonchev–Trinajstić information content (AvgIpc) is 2.26. The SMILES string of the molecule is CCc1ccc(C(C)(O)CCC(C)(C)C)cc1. The molecule has 0 heterocycles. The number of hydrogen-bond acceptors (Lipinski definition) is 1. The lowest BCUT2D eigenvalue weighted by Gasteiger charge is -2.28. The van der Waals surface area contributed by atoms with E-state index in [-0.39, 0.29) is 5.41 Å². The molecule has 1 N–H and O–H groups in total. The van der Waals surface area contributed by atoms with Crippen LogP contribution in [0.4, 0.5) is 0 Å². The summed E-state index contributed by atoms with van der Waals surface area (Å²) >= 11 is 0. The minimum Gasteiger partial charge on any atom is -0.385 e. The Hall–Kier alpha value is -0.820. The smallest absolute Gasteiger partial charge is 0.0868 e. The average molecular weight is 234 g/mol. The van der Waals surface area contributed by atoms with Gasteiger partial charge in [0.25, 0.3) is 0 Å². The lowest BCUT2D eigenvalue weighted by Crippen LogP contribution is -2.23. The normalized spacial score (nSPS) is 15.6. The first-order chi connectivity index (χ1) is 7.74. The van der Waals surface area contributed by atoms with E-state index in [9.17, 15) is 5.11 Å². The molecule has 0 bridgehead atoms. The molecule has 1 aromatic rings. The molecule has 1 rings (SSSR count). The summed E-state index contributed by atoms with van der Waals surface area (Å²) in [6.07, 6.45) is 2.88. The van der Waals surface area contributed by atoms with Gasteiger partial charge in [0.05, 0.1) is 5.60 Å². The van der Waals surface area contributed by atoms with Gasteiger partial charge in [0.15, 0.2) is 0 Å². The molecular weight excluding hydrogens is 208 g/mol. The molecule has 0 saturated heterocycles. The minimum absolute atomic E-state index is 0.271. The van der Waals surface area contributed by atoms with Gasteiger partial charge in [-0.15, -0.1) is 0 Å². The summed E-state index contributed by atoms with van der Waals surface area (Å²) in [5, 5.41) is 10.5. The minimum atomic E-state index is -0.709. The van der Waals surface area contributed by atoms with Crippen molar-refractivity contribution in [2.45, 2.75) is 59.5 Å². The van der Waals surface area contributed by atoms with Crippen molar-refractivity contribution in [1.82, 2.24) is 0 Å². The summed E-state index contributed by atoms with van der Waals surface area (Å²) in [6.45, 7) is 10.7. The quantitative estimate of drug-likeness (QED) is 0.824. The third-order valence-corrected chi connectivity index (χ3v) is 3.35. The number of benzene rings is 1. The Morgan fingerprint density at radius 2 is 1.47 bits per heavy atom. The summed E-state index contributed by atoms with van der Waals surface area (Å²) in [4.78, 5) is 0. The third kappa shape index (κ3) is 4.51. The number of hydrogen-bond donors (Lipinski definition) is 1. The highest BCUT2D eigenvalue weighted by molar-refractivity contribution is 5.26. The van der Waals surface area contributed by atoms with Crippen LogP contribution in [-0.2, 0) is 12.0 Å². The van der Waals surface area contributed by atoms with Crippen LogP contribution in [0.15, 0.2) is 24.3 Å². The van der Waals surface area contributed by atoms with Crippen LogP contribution in [-0.4, -0.2) is 5.11 Å². The Morgan fingerprint density at radius 3 is 1.88 bits per heavy atom. The second-order valence-corrected chi connectivity index (χ2v) is 6.38. The van der Waals surface area contributed by atoms with Crippen LogP contribution in [0.1, 0.15) is 58.6 Å². The van der Waals surface area contributed by atoms with E-state index in [1.54, 1.807) is 0 Å². The van der Waals surface area contributed by atoms with Crippen molar-refractivity contribution in [3.63, 3.8) is 0 Å². The topological polar surface area (TPSA) is 20.2 Å². The zero-order valence-electron chi connectivity index (χ0n) is 11.9. The molecule has 0 aliphatic carbocycles. The van der Waals surface area contributed by atoms with Gasteiger partial charge in [-0.2, -0.15) is 0 Å². The van der Waals surface area contributed by atoms with Crippen LogP contribution in [0, 0.1) is 5.41 Å². The Balaban J connectivity index is 2.74. The number of aryl methyl sites for hydroxylation is 1. The van der Waals surface area contributed by atoms with Gasteiger partial charge >= 0.3 is 0 Å². The molecule has 0 amide bonds. The first kappa shape index (κ1) is 14.2. The molecular formula is C16H26O. The molecule has 1 heteroatoms. The Morgan fingerprint density at radius 1 is 0.941 bits per heavy atom. The molecule has 0 radical (unpaired) electrons. The molecule has 1 unspecified atom stereocenters. The molecule has 0 saturated carbocycles. The molecule has 0 aromatic heterocycles. The Kier molecular flexibility index (Phi) is 4.37.